The molecule has 2 nitrogen and oxygen atoms in total. The van der Waals surface area contributed by atoms with Crippen molar-refractivity contribution in [2.75, 3.05) is 0 Å². The number of hydrogen-bond donors (Lipinski definition) is 1. The fourth-order valence-corrected chi connectivity index (χ4v) is 1.09. The van der Waals surface area contributed by atoms with Crippen LogP contribution in [0, 0.1) is 0 Å². The van der Waals surface area contributed by atoms with Gasteiger partial charge in [-0.2, -0.15) is 0 Å². The van der Waals surface area contributed by atoms with Crippen molar-refractivity contribution in [2.24, 2.45) is 5.73 Å². The monoisotopic (exact) mass is 190 g/mol. The molecule has 1 amide bonds. The zero-order valence-electron chi connectivity index (χ0n) is 6.47. The number of carbonyl (C=O) groups is 1. The van der Waals surface area contributed by atoms with Gasteiger partial charge >= 0.3 is 1.43 Å². The average molecular weight is 191 g/mol. The molecule has 0 saturated heterocycles. The quantitative estimate of drug-likeness (QED) is 0.726. The van der Waals surface area contributed by atoms with E-state index in [2.05, 4.69) is 0 Å². The van der Waals surface area contributed by atoms with Gasteiger partial charge in [0.05, 0.1) is 15.6 Å². The average Bonchev–Trinajstić information content (AvgIpc) is 1.94. The lowest BCUT2D eigenvalue weighted by Gasteiger charge is -1.99. The minimum absolute atomic E-state index is 0. The van der Waals surface area contributed by atoms with Gasteiger partial charge in [-0.3, -0.25) is 4.79 Å². The van der Waals surface area contributed by atoms with E-state index in [9.17, 15) is 4.79 Å². The molecule has 0 aliphatic rings. The van der Waals surface area contributed by atoms with E-state index in [1.165, 1.54) is 6.07 Å². The number of carbonyl (C=O) groups excluding carboxylic acids is 1. The topological polar surface area (TPSA) is 43.1 Å². The largest absolute Gasteiger partial charge is 1.00 e. The molecule has 0 aromatic heterocycles. The zero-order chi connectivity index (χ0) is 8.43. The van der Waals surface area contributed by atoms with Gasteiger partial charge in [-0.1, -0.05) is 29.3 Å². The van der Waals surface area contributed by atoms with Crippen LogP contribution >= 0.6 is 23.2 Å². The summed E-state index contributed by atoms with van der Waals surface area (Å²) in [6.07, 6.45) is 0. The molecule has 1 rings (SSSR count). The Hall–Kier alpha value is -0.730. The Balaban J connectivity index is 0.00000121. The van der Waals surface area contributed by atoms with E-state index < -0.39 is 5.91 Å². The fourth-order valence-electron chi connectivity index (χ4n) is 0.694. The van der Waals surface area contributed by atoms with Crippen LogP contribution in [0.3, 0.4) is 0 Å². The third-order valence-electron chi connectivity index (χ3n) is 1.22. The molecule has 1 aromatic carbocycles. The van der Waals surface area contributed by atoms with E-state index >= 15 is 0 Å². The van der Waals surface area contributed by atoms with Gasteiger partial charge in [-0.25, -0.2) is 0 Å². The number of halogens is 2. The molecule has 0 aliphatic heterocycles. The van der Waals surface area contributed by atoms with Gasteiger partial charge in [0, 0.05) is 0 Å². The molecule has 0 spiro atoms. The summed E-state index contributed by atoms with van der Waals surface area (Å²) in [5.74, 6) is -0.572. The Morgan fingerprint density at radius 3 is 2.55 bits per heavy atom. The number of nitrogens with two attached hydrogens (primary N) is 1. The lowest BCUT2D eigenvalue weighted by atomic mass is 10.2. The second-order valence-electron chi connectivity index (χ2n) is 1.97. The summed E-state index contributed by atoms with van der Waals surface area (Å²) in [4.78, 5) is 10.7. The van der Waals surface area contributed by atoms with Gasteiger partial charge in [0.15, 0.2) is 0 Å². The molecule has 0 bridgehead atoms. The van der Waals surface area contributed by atoms with Crippen molar-refractivity contribution >= 4 is 29.1 Å². The van der Waals surface area contributed by atoms with Gasteiger partial charge in [-0.15, -0.1) is 0 Å². The summed E-state index contributed by atoms with van der Waals surface area (Å²) in [6.45, 7) is 0. The van der Waals surface area contributed by atoms with E-state index in [1.54, 1.807) is 12.1 Å². The van der Waals surface area contributed by atoms with Crippen LogP contribution in [0.25, 0.3) is 0 Å². The first-order chi connectivity index (χ1) is 5.13. The normalized spacial score (nSPS) is 9.64. The maximum Gasteiger partial charge on any atom is 1.00 e. The minimum Gasteiger partial charge on any atom is -0.366 e. The molecule has 2 N–H and O–H groups in total. The highest BCUT2D eigenvalue weighted by Gasteiger charge is 2.07. The van der Waals surface area contributed by atoms with Crippen LogP contribution in [0.1, 0.15) is 11.8 Å². The Kier molecular flexibility index (Phi) is 2.37. The Morgan fingerprint density at radius 1 is 1.45 bits per heavy atom. The SMILES string of the molecule is NC(=O)c1cccc(Cl)c1Cl.[H+]. The summed E-state index contributed by atoms with van der Waals surface area (Å²) in [5.41, 5.74) is 5.25. The summed E-state index contributed by atoms with van der Waals surface area (Å²) >= 11 is 11.3. The highest BCUT2D eigenvalue weighted by molar-refractivity contribution is 6.43. The molecule has 4 heteroatoms. The fraction of sp³-hybridized carbons (Fsp3) is 0. The summed E-state index contributed by atoms with van der Waals surface area (Å²) < 4.78 is 0. The van der Waals surface area contributed by atoms with Gasteiger partial charge in [0.2, 0.25) is 5.91 Å². The molecule has 0 aliphatic carbocycles. The first-order valence-electron chi connectivity index (χ1n) is 2.86. The van der Waals surface area contributed by atoms with Crippen LogP contribution in [0.2, 0.25) is 10.0 Å². The molecule has 11 heavy (non-hydrogen) atoms. The molecular formula is C7H6Cl2NO+. The Bertz CT molecular complexity index is 303. The molecular weight excluding hydrogens is 185 g/mol. The van der Waals surface area contributed by atoms with Crippen molar-refractivity contribution in [1.82, 2.24) is 0 Å². The standard InChI is InChI=1S/C7H5Cl2NO/c8-5-3-1-2-4(6(5)9)7(10)11/h1-3H,(H2,10,11)/p+1. The van der Waals surface area contributed by atoms with E-state index in [4.69, 9.17) is 28.9 Å². The molecule has 0 fully saturated rings. The van der Waals surface area contributed by atoms with E-state index in [0.717, 1.165) is 0 Å². The number of rotatable bonds is 1. The Morgan fingerprint density at radius 2 is 2.09 bits per heavy atom. The van der Waals surface area contributed by atoms with Crippen molar-refractivity contribution in [2.45, 2.75) is 0 Å². The molecule has 0 radical (unpaired) electrons. The molecule has 1 aromatic rings. The van der Waals surface area contributed by atoms with Crippen molar-refractivity contribution in [1.29, 1.82) is 0 Å². The molecule has 0 heterocycles. The van der Waals surface area contributed by atoms with E-state index in [-0.39, 0.29) is 12.0 Å². The summed E-state index contributed by atoms with van der Waals surface area (Å²) in [6, 6.07) is 4.74. The van der Waals surface area contributed by atoms with Crippen LogP contribution in [-0.2, 0) is 0 Å². The van der Waals surface area contributed by atoms with E-state index in [0.29, 0.717) is 5.02 Å². The second kappa shape index (κ2) is 3.11. The van der Waals surface area contributed by atoms with Crippen LogP contribution < -0.4 is 5.73 Å². The van der Waals surface area contributed by atoms with Gasteiger partial charge in [-0.05, 0) is 12.1 Å². The third kappa shape index (κ3) is 1.64. The van der Waals surface area contributed by atoms with E-state index in [1.807, 2.05) is 0 Å². The van der Waals surface area contributed by atoms with Crippen molar-refractivity contribution in [3.05, 3.63) is 33.8 Å². The maximum atomic E-state index is 10.7. The summed E-state index contributed by atoms with van der Waals surface area (Å²) in [7, 11) is 0. The predicted octanol–water partition coefficient (Wildman–Crippen LogP) is 2.20. The van der Waals surface area contributed by atoms with Crippen LogP contribution in [-0.4, -0.2) is 5.91 Å². The second-order valence-corrected chi connectivity index (χ2v) is 2.75. The maximum absolute atomic E-state index is 10.7. The van der Waals surface area contributed by atoms with Gasteiger partial charge in [0.1, 0.15) is 0 Å². The minimum atomic E-state index is -0.572. The highest BCUT2D eigenvalue weighted by atomic mass is 35.5. The highest BCUT2D eigenvalue weighted by Crippen LogP contribution is 2.24. The van der Waals surface area contributed by atoms with Crippen LogP contribution in [0.5, 0.6) is 0 Å². The van der Waals surface area contributed by atoms with Gasteiger partial charge in [0.25, 0.3) is 0 Å². The zero-order valence-corrected chi connectivity index (χ0v) is 6.99. The first-order valence-corrected chi connectivity index (χ1v) is 3.62. The van der Waals surface area contributed by atoms with Crippen molar-refractivity contribution < 1.29 is 6.22 Å². The molecule has 0 atom stereocenters. The molecule has 58 valence electrons. The van der Waals surface area contributed by atoms with Crippen LogP contribution in [0.15, 0.2) is 18.2 Å². The van der Waals surface area contributed by atoms with Crippen LogP contribution in [0.4, 0.5) is 0 Å². The molecule has 0 unspecified atom stereocenters. The Labute approximate surface area is 75.4 Å². The number of primary amides is 1. The van der Waals surface area contributed by atoms with Crippen molar-refractivity contribution in [3.63, 3.8) is 0 Å². The first kappa shape index (κ1) is 8.37. The predicted molar refractivity (Wildman–Crippen MR) is 46.1 cm³/mol. The number of hydrogen-bond acceptors (Lipinski definition) is 1. The lowest BCUT2D eigenvalue weighted by Crippen LogP contribution is -2.11. The smallest absolute Gasteiger partial charge is 0.366 e. The third-order valence-corrected chi connectivity index (χ3v) is 2.04. The molecule has 0 saturated carbocycles. The van der Waals surface area contributed by atoms with Gasteiger partial charge < -0.3 is 5.73 Å². The summed E-state index contributed by atoms with van der Waals surface area (Å²) in [5, 5.41) is 0.546. The van der Waals surface area contributed by atoms with Crippen molar-refractivity contribution in [3.8, 4) is 0 Å². The lowest BCUT2D eigenvalue weighted by molar-refractivity contribution is 0.100. The number of benzene rings is 1. The number of amides is 1.